The highest BCUT2D eigenvalue weighted by atomic mass is 32.2. The minimum atomic E-state index is -3.72. The maximum atomic E-state index is 12.9. The van der Waals surface area contributed by atoms with Gasteiger partial charge in [-0.15, -0.1) is 0 Å². The summed E-state index contributed by atoms with van der Waals surface area (Å²) < 4.78 is 27.2. The number of carbonyl (C=O) groups is 3. The lowest BCUT2D eigenvalue weighted by Gasteiger charge is -2.31. The van der Waals surface area contributed by atoms with Gasteiger partial charge in [-0.3, -0.25) is 14.4 Å². The van der Waals surface area contributed by atoms with Crippen molar-refractivity contribution in [1.82, 2.24) is 14.9 Å². The molecule has 0 radical (unpaired) electrons. The summed E-state index contributed by atoms with van der Waals surface area (Å²) in [6, 6.07) is 5.50. The number of nitrogens with one attached hydrogen (secondary N) is 2. The molecule has 2 saturated heterocycles. The Balaban J connectivity index is 1.60. The van der Waals surface area contributed by atoms with Crippen LogP contribution >= 0.6 is 0 Å². The van der Waals surface area contributed by atoms with Gasteiger partial charge in [0.1, 0.15) is 6.04 Å². The molecule has 2 aliphatic rings. The Bertz CT molecular complexity index is 891. The number of amides is 2. The predicted molar refractivity (Wildman–Crippen MR) is 107 cm³/mol. The first-order valence-electron chi connectivity index (χ1n) is 9.98. The van der Waals surface area contributed by atoms with Crippen LogP contribution in [0, 0.1) is 5.92 Å². The summed E-state index contributed by atoms with van der Waals surface area (Å²) in [6.07, 6.45) is 3.19. The molecule has 2 aliphatic heterocycles. The van der Waals surface area contributed by atoms with Crippen LogP contribution in [0.15, 0.2) is 29.2 Å². The quantitative estimate of drug-likeness (QED) is 0.691. The normalized spacial score (nSPS) is 21.8. The minimum Gasteiger partial charge on any atom is -0.354 e. The molecule has 9 heteroatoms. The molecule has 158 valence electrons. The predicted octanol–water partition coefficient (Wildman–Crippen LogP) is 1.07. The Kier molecular flexibility index (Phi) is 6.69. The number of rotatable bonds is 5. The van der Waals surface area contributed by atoms with Gasteiger partial charge in [0.25, 0.3) is 0 Å². The average Bonchev–Trinajstić information content (AvgIpc) is 2.92. The highest BCUT2D eigenvalue weighted by molar-refractivity contribution is 7.89. The largest absolute Gasteiger partial charge is 0.354 e. The molecule has 0 unspecified atom stereocenters. The van der Waals surface area contributed by atoms with Crippen LogP contribution in [0.2, 0.25) is 0 Å². The van der Waals surface area contributed by atoms with Crippen LogP contribution in [0.5, 0.6) is 0 Å². The second-order valence-electron chi connectivity index (χ2n) is 7.61. The van der Waals surface area contributed by atoms with E-state index >= 15 is 0 Å². The first kappa shape index (κ1) is 21.4. The Labute approximate surface area is 171 Å². The number of carbonyl (C=O) groups excluding carboxylic acids is 3. The summed E-state index contributed by atoms with van der Waals surface area (Å²) in [6.45, 7) is 2.47. The fourth-order valence-corrected chi connectivity index (χ4v) is 5.27. The zero-order valence-electron chi connectivity index (χ0n) is 16.5. The van der Waals surface area contributed by atoms with Crippen LogP contribution in [0.3, 0.4) is 0 Å². The van der Waals surface area contributed by atoms with Crippen LogP contribution < -0.4 is 10.6 Å². The highest BCUT2D eigenvalue weighted by Crippen LogP contribution is 2.25. The Morgan fingerprint density at radius 3 is 2.55 bits per heavy atom. The van der Waals surface area contributed by atoms with Crippen molar-refractivity contribution in [3.8, 4) is 0 Å². The molecule has 2 amide bonds. The van der Waals surface area contributed by atoms with Gasteiger partial charge in [0.05, 0.1) is 4.90 Å². The van der Waals surface area contributed by atoms with Gasteiger partial charge >= 0.3 is 0 Å². The van der Waals surface area contributed by atoms with Gasteiger partial charge in [0.2, 0.25) is 21.8 Å². The van der Waals surface area contributed by atoms with E-state index in [1.165, 1.54) is 23.4 Å². The van der Waals surface area contributed by atoms with Crippen molar-refractivity contribution in [2.24, 2.45) is 5.92 Å². The molecule has 0 aliphatic carbocycles. The Morgan fingerprint density at radius 2 is 1.86 bits per heavy atom. The number of piperidine rings is 1. The van der Waals surface area contributed by atoms with E-state index in [9.17, 15) is 22.8 Å². The van der Waals surface area contributed by atoms with E-state index in [4.69, 9.17) is 0 Å². The van der Waals surface area contributed by atoms with Crippen molar-refractivity contribution in [1.29, 1.82) is 0 Å². The molecule has 2 fully saturated rings. The number of benzene rings is 1. The van der Waals surface area contributed by atoms with Crippen LogP contribution in [0.4, 0.5) is 0 Å². The zero-order chi connectivity index (χ0) is 21.0. The first-order valence-corrected chi connectivity index (χ1v) is 11.4. The first-order chi connectivity index (χ1) is 13.8. The molecule has 1 atom stereocenters. The van der Waals surface area contributed by atoms with Crippen molar-refractivity contribution >= 4 is 27.6 Å². The van der Waals surface area contributed by atoms with Gasteiger partial charge in [0.15, 0.2) is 5.78 Å². The molecule has 29 heavy (non-hydrogen) atoms. The standard InChI is InChI=1S/C20H27N3O5S/c1-14(24)16-5-4-6-17(13-16)29(27,28)23-11-8-15(9-12-23)19(25)22-18-7-2-3-10-21-20(18)26/h4-6,13,15,18H,2-3,7-12H2,1H3,(H,21,26)(H,22,25)/t18-/m1/s1. The molecule has 2 N–H and O–H groups in total. The van der Waals surface area contributed by atoms with Gasteiger partial charge in [0, 0.05) is 31.1 Å². The molecule has 0 spiro atoms. The van der Waals surface area contributed by atoms with Crippen molar-refractivity contribution < 1.29 is 22.8 Å². The zero-order valence-corrected chi connectivity index (χ0v) is 17.3. The van der Waals surface area contributed by atoms with Gasteiger partial charge in [-0.1, -0.05) is 12.1 Å². The van der Waals surface area contributed by atoms with Gasteiger partial charge in [-0.05, 0) is 51.2 Å². The van der Waals surface area contributed by atoms with Crippen molar-refractivity contribution in [3.63, 3.8) is 0 Å². The van der Waals surface area contributed by atoms with E-state index < -0.39 is 16.1 Å². The third kappa shape index (κ3) is 5.02. The van der Waals surface area contributed by atoms with Gasteiger partial charge in [-0.25, -0.2) is 8.42 Å². The molecule has 0 saturated carbocycles. The van der Waals surface area contributed by atoms with Crippen molar-refractivity contribution in [2.45, 2.75) is 50.0 Å². The molecule has 8 nitrogen and oxygen atoms in total. The van der Waals surface area contributed by atoms with E-state index in [0.29, 0.717) is 31.4 Å². The summed E-state index contributed by atoms with van der Waals surface area (Å²) in [4.78, 5) is 36.2. The summed E-state index contributed by atoms with van der Waals surface area (Å²) in [5.41, 5.74) is 0.349. The fourth-order valence-electron chi connectivity index (χ4n) is 3.75. The summed E-state index contributed by atoms with van der Waals surface area (Å²) in [5.74, 6) is -0.857. The molecule has 0 bridgehead atoms. The van der Waals surface area contributed by atoms with E-state index in [1.54, 1.807) is 12.1 Å². The lowest BCUT2D eigenvalue weighted by molar-refractivity contribution is -0.131. The van der Waals surface area contributed by atoms with Gasteiger partial charge in [-0.2, -0.15) is 4.31 Å². The van der Waals surface area contributed by atoms with Crippen LogP contribution in [0.25, 0.3) is 0 Å². The summed E-state index contributed by atoms with van der Waals surface area (Å²) >= 11 is 0. The van der Waals surface area contributed by atoms with Crippen LogP contribution in [-0.4, -0.2) is 56.0 Å². The third-order valence-corrected chi connectivity index (χ3v) is 7.45. The highest BCUT2D eigenvalue weighted by Gasteiger charge is 2.33. The lowest BCUT2D eigenvalue weighted by atomic mass is 9.96. The van der Waals surface area contributed by atoms with E-state index in [1.807, 2.05) is 0 Å². The summed E-state index contributed by atoms with van der Waals surface area (Å²) in [7, 11) is -3.72. The molecule has 0 aromatic heterocycles. The number of nitrogens with zero attached hydrogens (tertiary/aromatic N) is 1. The van der Waals surface area contributed by atoms with E-state index in [2.05, 4.69) is 10.6 Å². The summed E-state index contributed by atoms with van der Waals surface area (Å²) in [5, 5.41) is 5.62. The number of ketones is 1. The Hall–Kier alpha value is -2.26. The van der Waals surface area contributed by atoms with Crippen LogP contribution in [-0.2, 0) is 19.6 Å². The SMILES string of the molecule is CC(=O)c1cccc(S(=O)(=O)N2CCC(C(=O)N[C@@H]3CCCCNC3=O)CC2)c1. The van der Waals surface area contributed by atoms with Crippen molar-refractivity contribution in [3.05, 3.63) is 29.8 Å². The monoisotopic (exact) mass is 421 g/mol. The number of hydrogen-bond donors (Lipinski definition) is 2. The molecule has 1 aromatic carbocycles. The number of Topliss-reactive ketones (excluding diaryl/α,β-unsaturated/α-hetero) is 1. The topological polar surface area (TPSA) is 113 Å². The molecular formula is C20H27N3O5S. The van der Waals surface area contributed by atoms with E-state index in [0.717, 1.165) is 12.8 Å². The van der Waals surface area contributed by atoms with Crippen LogP contribution in [0.1, 0.15) is 49.4 Å². The fraction of sp³-hybridized carbons (Fsp3) is 0.550. The second kappa shape index (κ2) is 9.04. The van der Waals surface area contributed by atoms with E-state index in [-0.39, 0.29) is 41.5 Å². The Morgan fingerprint density at radius 1 is 1.14 bits per heavy atom. The molecule has 3 rings (SSSR count). The molecular weight excluding hydrogens is 394 g/mol. The van der Waals surface area contributed by atoms with Gasteiger partial charge < -0.3 is 10.6 Å². The molecule has 2 heterocycles. The third-order valence-electron chi connectivity index (χ3n) is 5.55. The number of hydrogen-bond acceptors (Lipinski definition) is 5. The second-order valence-corrected chi connectivity index (χ2v) is 9.55. The smallest absolute Gasteiger partial charge is 0.243 e. The lowest BCUT2D eigenvalue weighted by Crippen LogP contribution is -2.49. The molecule has 1 aromatic rings. The van der Waals surface area contributed by atoms with Crippen molar-refractivity contribution in [2.75, 3.05) is 19.6 Å². The number of sulfonamides is 1. The maximum absolute atomic E-state index is 12.9. The average molecular weight is 422 g/mol. The minimum absolute atomic E-state index is 0.0863. The maximum Gasteiger partial charge on any atom is 0.243 e.